The number of para-hydroxylation sites is 1. The minimum atomic E-state index is -0.337. The second-order valence-electron chi connectivity index (χ2n) is 4.62. The van der Waals surface area contributed by atoms with Gasteiger partial charge < -0.3 is 5.32 Å². The summed E-state index contributed by atoms with van der Waals surface area (Å²) in [5, 5.41) is 4.24. The fraction of sp³-hybridized carbons (Fsp3) is 0.125. The van der Waals surface area contributed by atoms with Crippen molar-refractivity contribution in [3.05, 3.63) is 71.9 Å². The maximum atomic E-state index is 13.3. The van der Waals surface area contributed by atoms with Crippen LogP contribution in [0.3, 0.4) is 0 Å². The molecule has 3 nitrogen and oxygen atoms in total. The number of aromatic nitrogens is 2. The number of benzene rings is 1. The van der Waals surface area contributed by atoms with Gasteiger partial charge in [-0.2, -0.15) is 0 Å². The van der Waals surface area contributed by atoms with Crippen molar-refractivity contribution in [2.24, 2.45) is 0 Å². The molecule has 1 aromatic carbocycles. The third-order valence-electron chi connectivity index (χ3n) is 3.29. The normalized spacial score (nSPS) is 12.5. The lowest BCUT2D eigenvalue weighted by Gasteiger charge is -2.17. The molecule has 1 atom stereocenters. The highest BCUT2D eigenvalue weighted by Gasteiger charge is 2.14. The summed E-state index contributed by atoms with van der Waals surface area (Å²) in [6.07, 6.45) is 4.68. The Labute approximate surface area is 116 Å². The molecule has 0 bridgehead atoms. The van der Waals surface area contributed by atoms with Crippen LogP contribution < -0.4 is 5.32 Å². The first-order valence-electron chi connectivity index (χ1n) is 6.40. The SMILES string of the molecule is CNC(c1cncc(F)c1)c1cnc2ccccc2c1. The Morgan fingerprint density at radius 1 is 1.05 bits per heavy atom. The van der Waals surface area contributed by atoms with Gasteiger partial charge >= 0.3 is 0 Å². The van der Waals surface area contributed by atoms with Crippen molar-refractivity contribution >= 4 is 10.9 Å². The Morgan fingerprint density at radius 2 is 1.85 bits per heavy atom. The molecule has 1 unspecified atom stereocenters. The second kappa shape index (κ2) is 5.35. The Kier molecular flexibility index (Phi) is 3.39. The minimum absolute atomic E-state index is 0.129. The number of rotatable bonds is 3. The lowest BCUT2D eigenvalue weighted by molar-refractivity contribution is 0.608. The van der Waals surface area contributed by atoms with Gasteiger partial charge in [-0.3, -0.25) is 9.97 Å². The van der Waals surface area contributed by atoms with Gasteiger partial charge in [0.2, 0.25) is 0 Å². The monoisotopic (exact) mass is 267 g/mol. The molecule has 2 aromatic heterocycles. The van der Waals surface area contributed by atoms with E-state index in [1.807, 2.05) is 37.5 Å². The van der Waals surface area contributed by atoms with E-state index in [2.05, 4.69) is 21.4 Å². The molecule has 0 spiro atoms. The number of hydrogen-bond acceptors (Lipinski definition) is 3. The molecule has 0 amide bonds. The average Bonchev–Trinajstić information content (AvgIpc) is 2.48. The number of nitrogens with one attached hydrogen (secondary N) is 1. The topological polar surface area (TPSA) is 37.8 Å². The van der Waals surface area contributed by atoms with E-state index in [9.17, 15) is 4.39 Å². The molecule has 100 valence electrons. The summed E-state index contributed by atoms with van der Waals surface area (Å²) >= 11 is 0. The van der Waals surface area contributed by atoms with Gasteiger partial charge in [-0.1, -0.05) is 18.2 Å². The van der Waals surface area contributed by atoms with E-state index in [0.717, 1.165) is 22.0 Å². The molecule has 1 N–H and O–H groups in total. The van der Waals surface area contributed by atoms with Gasteiger partial charge in [0, 0.05) is 17.8 Å². The highest BCUT2D eigenvalue weighted by atomic mass is 19.1. The van der Waals surface area contributed by atoms with Crippen LogP contribution in [0.4, 0.5) is 4.39 Å². The number of pyridine rings is 2. The van der Waals surface area contributed by atoms with E-state index in [4.69, 9.17) is 0 Å². The van der Waals surface area contributed by atoms with Gasteiger partial charge in [0.25, 0.3) is 0 Å². The molecule has 3 rings (SSSR count). The molecular formula is C16H14FN3. The predicted octanol–water partition coefficient (Wildman–Crippen LogP) is 3.08. The molecule has 0 aliphatic carbocycles. The third-order valence-corrected chi connectivity index (χ3v) is 3.29. The zero-order chi connectivity index (χ0) is 13.9. The molecule has 0 radical (unpaired) electrons. The lowest BCUT2D eigenvalue weighted by Crippen LogP contribution is -2.18. The molecule has 2 heterocycles. The lowest BCUT2D eigenvalue weighted by atomic mass is 10.0. The van der Waals surface area contributed by atoms with Gasteiger partial charge in [0.15, 0.2) is 0 Å². The van der Waals surface area contributed by atoms with Crippen LogP contribution in [0.1, 0.15) is 17.2 Å². The van der Waals surface area contributed by atoms with Crippen LogP contribution in [-0.4, -0.2) is 17.0 Å². The van der Waals surface area contributed by atoms with Crippen LogP contribution >= 0.6 is 0 Å². The van der Waals surface area contributed by atoms with Crippen molar-refractivity contribution in [1.29, 1.82) is 0 Å². The van der Waals surface area contributed by atoms with Crippen LogP contribution in [0, 0.1) is 5.82 Å². The fourth-order valence-electron chi connectivity index (χ4n) is 2.36. The Balaban J connectivity index is 2.07. The van der Waals surface area contributed by atoms with Crippen LogP contribution in [0.15, 0.2) is 55.0 Å². The summed E-state index contributed by atoms with van der Waals surface area (Å²) in [6.45, 7) is 0. The number of halogens is 1. The van der Waals surface area contributed by atoms with Gasteiger partial charge in [-0.25, -0.2) is 4.39 Å². The molecular weight excluding hydrogens is 253 g/mol. The number of nitrogens with zero attached hydrogens (tertiary/aromatic N) is 2. The molecule has 20 heavy (non-hydrogen) atoms. The standard InChI is InChI=1S/C16H14FN3/c1-18-16(13-7-14(17)10-19-8-13)12-6-11-4-2-3-5-15(11)20-9-12/h2-10,16,18H,1H3. The first kappa shape index (κ1) is 12.7. The molecule has 0 aliphatic rings. The molecule has 0 saturated carbocycles. The van der Waals surface area contributed by atoms with Crippen LogP contribution in [0.2, 0.25) is 0 Å². The van der Waals surface area contributed by atoms with E-state index in [1.165, 1.54) is 12.3 Å². The Bertz CT molecular complexity index is 742. The fourth-order valence-corrected chi connectivity index (χ4v) is 2.36. The zero-order valence-electron chi connectivity index (χ0n) is 11.0. The van der Waals surface area contributed by atoms with Gasteiger partial charge in [-0.05, 0) is 36.4 Å². The quantitative estimate of drug-likeness (QED) is 0.792. The summed E-state index contributed by atoms with van der Waals surface area (Å²) in [5.41, 5.74) is 2.71. The summed E-state index contributed by atoms with van der Waals surface area (Å²) < 4.78 is 13.3. The molecule has 3 aromatic rings. The van der Waals surface area contributed by atoms with Crippen molar-refractivity contribution in [1.82, 2.24) is 15.3 Å². The van der Waals surface area contributed by atoms with E-state index in [-0.39, 0.29) is 11.9 Å². The Hall–Kier alpha value is -2.33. The predicted molar refractivity (Wildman–Crippen MR) is 76.8 cm³/mol. The van der Waals surface area contributed by atoms with Crippen molar-refractivity contribution in [2.75, 3.05) is 7.05 Å². The maximum Gasteiger partial charge on any atom is 0.141 e. The Morgan fingerprint density at radius 3 is 2.65 bits per heavy atom. The van der Waals surface area contributed by atoms with E-state index in [1.54, 1.807) is 6.20 Å². The summed E-state index contributed by atoms with van der Waals surface area (Å²) in [4.78, 5) is 8.35. The zero-order valence-corrected chi connectivity index (χ0v) is 11.0. The van der Waals surface area contributed by atoms with Crippen molar-refractivity contribution < 1.29 is 4.39 Å². The van der Waals surface area contributed by atoms with E-state index < -0.39 is 0 Å². The number of fused-ring (bicyclic) bond motifs is 1. The van der Waals surface area contributed by atoms with Crippen LogP contribution in [0.5, 0.6) is 0 Å². The first-order chi connectivity index (χ1) is 9.78. The van der Waals surface area contributed by atoms with Crippen molar-refractivity contribution in [2.45, 2.75) is 6.04 Å². The summed E-state index contributed by atoms with van der Waals surface area (Å²) in [7, 11) is 1.84. The van der Waals surface area contributed by atoms with E-state index >= 15 is 0 Å². The van der Waals surface area contributed by atoms with Crippen molar-refractivity contribution in [3.8, 4) is 0 Å². The molecule has 0 saturated heterocycles. The number of hydrogen-bond donors (Lipinski definition) is 1. The smallest absolute Gasteiger partial charge is 0.141 e. The highest BCUT2D eigenvalue weighted by molar-refractivity contribution is 5.78. The highest BCUT2D eigenvalue weighted by Crippen LogP contribution is 2.23. The summed E-state index contributed by atoms with van der Waals surface area (Å²) in [6, 6.07) is 11.3. The average molecular weight is 267 g/mol. The van der Waals surface area contributed by atoms with E-state index in [0.29, 0.717) is 0 Å². The van der Waals surface area contributed by atoms with Gasteiger partial charge in [0.05, 0.1) is 17.8 Å². The maximum absolute atomic E-state index is 13.3. The van der Waals surface area contributed by atoms with Crippen LogP contribution in [0.25, 0.3) is 10.9 Å². The van der Waals surface area contributed by atoms with Crippen molar-refractivity contribution in [3.63, 3.8) is 0 Å². The second-order valence-corrected chi connectivity index (χ2v) is 4.62. The minimum Gasteiger partial charge on any atom is -0.309 e. The van der Waals surface area contributed by atoms with Gasteiger partial charge in [-0.15, -0.1) is 0 Å². The molecule has 0 fully saturated rings. The summed E-state index contributed by atoms with van der Waals surface area (Å²) in [5.74, 6) is -0.337. The largest absolute Gasteiger partial charge is 0.309 e. The van der Waals surface area contributed by atoms with Gasteiger partial charge in [0.1, 0.15) is 5.82 Å². The third kappa shape index (κ3) is 2.38. The molecule has 4 heteroatoms. The first-order valence-corrected chi connectivity index (χ1v) is 6.40. The molecule has 0 aliphatic heterocycles. The van der Waals surface area contributed by atoms with Crippen LogP contribution in [-0.2, 0) is 0 Å².